The zero-order valence-corrected chi connectivity index (χ0v) is 18.6. The molecule has 1 aromatic carbocycles. The fourth-order valence-corrected chi connectivity index (χ4v) is 4.73. The second-order valence-corrected chi connectivity index (χ2v) is 8.83. The number of hydrogen-bond acceptors (Lipinski definition) is 7. The lowest BCUT2D eigenvalue weighted by Crippen LogP contribution is -2.52. The maximum Gasteiger partial charge on any atom is 0.278 e. The van der Waals surface area contributed by atoms with Gasteiger partial charge in [0.05, 0.1) is 11.2 Å². The van der Waals surface area contributed by atoms with Crippen LogP contribution in [0, 0.1) is 5.92 Å². The minimum Gasteiger partial charge on any atom is -0.330 e. The van der Waals surface area contributed by atoms with Crippen molar-refractivity contribution in [2.75, 3.05) is 6.54 Å². The summed E-state index contributed by atoms with van der Waals surface area (Å²) in [6.45, 7) is 2.19. The molecule has 1 aromatic rings. The molecule has 9 nitrogen and oxygen atoms in total. The second-order valence-electron chi connectivity index (χ2n) is 7.77. The molecule has 3 N–H and O–H groups in total. The van der Waals surface area contributed by atoms with Gasteiger partial charge in [-0.2, -0.15) is 5.10 Å². The largest absolute Gasteiger partial charge is 0.330 e. The van der Waals surface area contributed by atoms with Crippen LogP contribution < -0.4 is 10.9 Å². The quantitative estimate of drug-likeness (QED) is 0.293. The first kappa shape index (κ1) is 24.0. The summed E-state index contributed by atoms with van der Waals surface area (Å²) in [5.74, 6) is -3.51. The number of amides is 3. The molecule has 11 heteroatoms. The minimum absolute atomic E-state index is 0.0412. The first-order valence-electron chi connectivity index (χ1n) is 10.7. The molecule has 0 aliphatic carbocycles. The third kappa shape index (κ3) is 5.57. The van der Waals surface area contributed by atoms with Gasteiger partial charge in [-0.25, -0.2) is 15.3 Å². The highest BCUT2D eigenvalue weighted by atomic mass is 32.2. The van der Waals surface area contributed by atoms with Crippen molar-refractivity contribution in [2.24, 2.45) is 11.0 Å². The van der Waals surface area contributed by atoms with Crippen LogP contribution in [0.2, 0.25) is 0 Å². The monoisotopic (exact) mass is 465 g/mol. The van der Waals surface area contributed by atoms with E-state index in [-0.39, 0.29) is 11.7 Å². The zero-order chi connectivity index (χ0) is 23.1. The maximum atomic E-state index is 14.6. The smallest absolute Gasteiger partial charge is 0.278 e. The number of rotatable bonds is 9. The van der Waals surface area contributed by atoms with Crippen molar-refractivity contribution < 1.29 is 24.0 Å². The minimum atomic E-state index is -2.19. The number of hydrazine groups is 1. The number of halogens is 1. The topological polar surface area (TPSA) is 114 Å². The Hall–Kier alpha value is -2.66. The number of unbranched alkanes of at least 4 members (excludes halogenated alkanes) is 1. The lowest BCUT2D eigenvalue weighted by molar-refractivity contribution is -0.149. The number of likely N-dealkylation sites (tertiary alicyclic amines) is 1. The van der Waals surface area contributed by atoms with Gasteiger partial charge in [0.25, 0.3) is 11.8 Å². The van der Waals surface area contributed by atoms with Crippen LogP contribution >= 0.6 is 11.9 Å². The first-order chi connectivity index (χ1) is 15.5. The summed E-state index contributed by atoms with van der Waals surface area (Å²) in [6, 6.07) is 8.94. The Morgan fingerprint density at radius 2 is 2.06 bits per heavy atom. The average molecular weight is 466 g/mol. The van der Waals surface area contributed by atoms with Crippen LogP contribution in [0.15, 0.2) is 35.4 Å². The third-order valence-electron chi connectivity index (χ3n) is 5.59. The van der Waals surface area contributed by atoms with Crippen molar-refractivity contribution in [3.05, 3.63) is 35.9 Å². The summed E-state index contributed by atoms with van der Waals surface area (Å²) in [6.07, 6.45) is 1.98. The van der Waals surface area contributed by atoms with Crippen molar-refractivity contribution in [3.8, 4) is 0 Å². The number of nitrogens with one attached hydrogen (secondary N) is 2. The van der Waals surface area contributed by atoms with E-state index in [1.54, 1.807) is 6.21 Å². The van der Waals surface area contributed by atoms with Crippen LogP contribution in [0.4, 0.5) is 4.39 Å². The lowest BCUT2D eigenvalue weighted by atomic mass is 9.94. The number of alkyl halides is 1. The molecule has 4 atom stereocenters. The van der Waals surface area contributed by atoms with Gasteiger partial charge in [-0.15, -0.1) is 4.52 Å². The number of carbonyl (C=O) groups is 3. The maximum absolute atomic E-state index is 14.6. The molecule has 0 aromatic heterocycles. The van der Waals surface area contributed by atoms with Crippen LogP contribution in [0.5, 0.6) is 0 Å². The van der Waals surface area contributed by atoms with Crippen LogP contribution in [-0.2, 0) is 14.4 Å². The summed E-state index contributed by atoms with van der Waals surface area (Å²) in [4.78, 5) is 39.0. The Morgan fingerprint density at radius 1 is 1.31 bits per heavy atom. The Bertz CT molecular complexity index is 843. The van der Waals surface area contributed by atoms with Crippen molar-refractivity contribution >= 4 is 35.9 Å². The molecule has 0 saturated carbocycles. The van der Waals surface area contributed by atoms with Gasteiger partial charge in [-0.3, -0.25) is 19.6 Å². The molecule has 2 heterocycles. The standard InChI is InChI=1S/C21H28FN5O4S/c1-2-3-10-15(18(22)20(29)25-31)21(30)26-12-7-11-16(26)19(28)24-27-23-13-17(32-27)14-8-5-4-6-9-14/h4-6,8-9,13,15-18,31H,2-3,7,10-12H2,1H3,(H,24,28)(H,25,29)/t15-,16+,17?,18-/m1/s1. The van der Waals surface area contributed by atoms with E-state index < -0.39 is 35.9 Å². The van der Waals surface area contributed by atoms with Crippen molar-refractivity contribution in [2.45, 2.75) is 56.5 Å². The highest BCUT2D eigenvalue weighted by molar-refractivity contribution is 7.98. The van der Waals surface area contributed by atoms with Gasteiger partial charge in [0.2, 0.25) is 5.91 Å². The summed E-state index contributed by atoms with van der Waals surface area (Å²) >= 11 is 1.32. The average Bonchev–Trinajstić information content (AvgIpc) is 3.49. The van der Waals surface area contributed by atoms with Crippen LogP contribution in [-0.4, -0.2) is 57.3 Å². The highest BCUT2D eigenvalue weighted by Gasteiger charge is 2.42. The van der Waals surface area contributed by atoms with Gasteiger partial charge in [-0.05, 0) is 24.8 Å². The van der Waals surface area contributed by atoms with E-state index in [1.165, 1.54) is 26.9 Å². The van der Waals surface area contributed by atoms with Gasteiger partial charge in [-0.1, -0.05) is 50.1 Å². The SMILES string of the molecule is CCCC[C@@H](C(=O)N1CCC[C@H]1C(=O)NN1N=CC(c2ccccc2)S1)[C@@H](F)C(=O)NO. The Morgan fingerprint density at radius 3 is 2.75 bits per heavy atom. The predicted octanol–water partition coefficient (Wildman–Crippen LogP) is 2.35. The Labute approximate surface area is 190 Å². The van der Waals surface area contributed by atoms with Crippen LogP contribution in [0.25, 0.3) is 0 Å². The number of nitrogens with zero attached hydrogens (tertiary/aromatic N) is 3. The van der Waals surface area contributed by atoms with E-state index in [2.05, 4.69) is 10.5 Å². The molecule has 0 spiro atoms. The molecular weight excluding hydrogens is 437 g/mol. The fourth-order valence-electron chi connectivity index (χ4n) is 3.88. The zero-order valence-electron chi connectivity index (χ0n) is 17.8. The van der Waals surface area contributed by atoms with E-state index in [1.807, 2.05) is 37.3 Å². The lowest BCUT2D eigenvalue weighted by Gasteiger charge is -2.30. The molecule has 32 heavy (non-hydrogen) atoms. The second kappa shape index (κ2) is 11.3. The summed E-state index contributed by atoms with van der Waals surface area (Å²) < 4.78 is 16.0. The summed E-state index contributed by atoms with van der Waals surface area (Å²) in [5.41, 5.74) is 5.03. The fraction of sp³-hybridized carbons (Fsp3) is 0.524. The van der Waals surface area contributed by atoms with Crippen molar-refractivity contribution in [3.63, 3.8) is 0 Å². The van der Waals surface area contributed by atoms with Gasteiger partial charge < -0.3 is 4.90 Å². The summed E-state index contributed by atoms with van der Waals surface area (Å²) in [5, 5.41) is 12.9. The molecule has 0 radical (unpaired) electrons. The molecule has 3 rings (SSSR count). The summed E-state index contributed by atoms with van der Waals surface area (Å²) in [7, 11) is 0. The number of carbonyl (C=O) groups excluding carboxylic acids is 3. The predicted molar refractivity (Wildman–Crippen MR) is 118 cm³/mol. The van der Waals surface area contributed by atoms with Crippen LogP contribution in [0.1, 0.15) is 49.8 Å². The molecule has 174 valence electrons. The van der Waals surface area contributed by atoms with Gasteiger partial charge in [0.1, 0.15) is 6.04 Å². The molecular formula is C21H28FN5O4S. The van der Waals surface area contributed by atoms with E-state index in [0.29, 0.717) is 32.2 Å². The van der Waals surface area contributed by atoms with Crippen LogP contribution in [0.3, 0.4) is 0 Å². The first-order valence-corrected chi connectivity index (χ1v) is 11.5. The van der Waals surface area contributed by atoms with Gasteiger partial charge >= 0.3 is 0 Å². The van der Waals surface area contributed by atoms with Crippen molar-refractivity contribution in [1.82, 2.24) is 20.3 Å². The molecule has 1 fully saturated rings. The number of hydrazone groups is 1. The molecule has 2 aliphatic rings. The van der Waals surface area contributed by atoms with E-state index >= 15 is 0 Å². The van der Waals surface area contributed by atoms with Crippen molar-refractivity contribution in [1.29, 1.82) is 0 Å². The normalized spacial score (nSPS) is 22.0. The highest BCUT2D eigenvalue weighted by Crippen LogP contribution is 2.34. The van der Waals surface area contributed by atoms with E-state index in [0.717, 1.165) is 5.56 Å². The van der Waals surface area contributed by atoms with E-state index in [4.69, 9.17) is 5.21 Å². The number of hydrogen-bond donors (Lipinski definition) is 3. The molecule has 1 saturated heterocycles. The van der Waals surface area contributed by atoms with E-state index in [9.17, 15) is 18.8 Å². The Balaban J connectivity index is 1.63. The van der Waals surface area contributed by atoms with Gasteiger partial charge in [0.15, 0.2) is 6.17 Å². The number of benzene rings is 1. The third-order valence-corrected chi connectivity index (χ3v) is 6.60. The molecule has 2 aliphatic heterocycles. The number of hydroxylamine groups is 1. The molecule has 3 amide bonds. The molecule has 1 unspecified atom stereocenters. The molecule has 0 bridgehead atoms. The Kier molecular flexibility index (Phi) is 8.46. The van der Waals surface area contributed by atoms with Gasteiger partial charge in [0, 0.05) is 24.7 Å².